The maximum Gasteiger partial charge on any atom is 0.262 e. The highest BCUT2D eigenvalue weighted by Gasteiger charge is 2.08. The van der Waals surface area contributed by atoms with Crippen LogP contribution >= 0.6 is 0 Å². The maximum absolute atomic E-state index is 12.1. The van der Waals surface area contributed by atoms with Crippen LogP contribution in [0.3, 0.4) is 0 Å². The third kappa shape index (κ3) is 5.61. The molecular formula is C21H29N2O2+. The summed E-state index contributed by atoms with van der Waals surface area (Å²) in [4.78, 5) is 13.6. The molecule has 0 spiro atoms. The zero-order valence-corrected chi connectivity index (χ0v) is 15.7. The minimum absolute atomic E-state index is 0.00956. The molecule has 0 radical (unpaired) electrons. The van der Waals surface area contributed by atoms with Crippen molar-refractivity contribution in [2.45, 2.75) is 34.2 Å². The summed E-state index contributed by atoms with van der Waals surface area (Å²) in [5.74, 6) is 0.607. The van der Waals surface area contributed by atoms with Crippen LogP contribution in [-0.4, -0.2) is 25.6 Å². The average molecular weight is 341 g/mol. The first kappa shape index (κ1) is 19.0. The Labute approximate surface area is 150 Å². The van der Waals surface area contributed by atoms with Crippen LogP contribution in [0.1, 0.15) is 30.5 Å². The summed E-state index contributed by atoms with van der Waals surface area (Å²) in [7, 11) is 0. The van der Waals surface area contributed by atoms with Crippen molar-refractivity contribution in [3.05, 3.63) is 59.2 Å². The molecule has 0 heterocycles. The second-order valence-corrected chi connectivity index (χ2v) is 6.37. The highest BCUT2D eigenvalue weighted by atomic mass is 16.5. The van der Waals surface area contributed by atoms with Gasteiger partial charge in [-0.15, -0.1) is 0 Å². The van der Waals surface area contributed by atoms with Crippen molar-refractivity contribution in [2.24, 2.45) is 0 Å². The first-order chi connectivity index (χ1) is 12.0. The molecule has 2 aromatic carbocycles. The minimum atomic E-state index is -0.150. The summed E-state index contributed by atoms with van der Waals surface area (Å²) in [6.07, 6.45) is 0. The van der Waals surface area contributed by atoms with E-state index in [4.69, 9.17) is 4.74 Å². The first-order valence-electron chi connectivity index (χ1n) is 8.94. The van der Waals surface area contributed by atoms with Gasteiger partial charge < -0.3 is 15.0 Å². The molecule has 0 aromatic heterocycles. The predicted octanol–water partition coefficient (Wildman–Crippen LogP) is 2.75. The van der Waals surface area contributed by atoms with Crippen LogP contribution in [0, 0.1) is 13.8 Å². The average Bonchev–Trinajstić information content (AvgIpc) is 2.62. The van der Waals surface area contributed by atoms with Crippen LogP contribution in [0.15, 0.2) is 42.5 Å². The fraction of sp³-hybridized carbons (Fsp3) is 0.381. The molecule has 4 heteroatoms. The number of hydrogen-bond acceptors (Lipinski definition) is 2. The number of quaternary nitrogens is 1. The largest absolute Gasteiger partial charge is 0.483 e. The Bertz CT molecular complexity index is 692. The lowest BCUT2D eigenvalue weighted by Gasteiger charge is -2.15. The van der Waals surface area contributed by atoms with Crippen molar-refractivity contribution in [1.82, 2.24) is 0 Å². The van der Waals surface area contributed by atoms with Gasteiger partial charge in [-0.05, 0) is 57.0 Å². The molecule has 4 nitrogen and oxygen atoms in total. The van der Waals surface area contributed by atoms with E-state index in [0.29, 0.717) is 0 Å². The Kier molecular flexibility index (Phi) is 7.02. The Morgan fingerprint density at radius 2 is 1.72 bits per heavy atom. The smallest absolute Gasteiger partial charge is 0.262 e. The second-order valence-electron chi connectivity index (χ2n) is 6.37. The number of nitrogens with one attached hydrogen (secondary N) is 2. The van der Waals surface area contributed by atoms with Gasteiger partial charge in [0.1, 0.15) is 12.3 Å². The summed E-state index contributed by atoms with van der Waals surface area (Å²) in [6, 6.07) is 13.9. The molecule has 0 fully saturated rings. The van der Waals surface area contributed by atoms with Gasteiger partial charge in [0.05, 0.1) is 13.1 Å². The summed E-state index contributed by atoms with van der Waals surface area (Å²) in [5, 5.41) is 2.88. The van der Waals surface area contributed by atoms with Gasteiger partial charge in [-0.1, -0.05) is 24.3 Å². The van der Waals surface area contributed by atoms with Crippen molar-refractivity contribution in [1.29, 1.82) is 0 Å². The maximum atomic E-state index is 12.1. The van der Waals surface area contributed by atoms with E-state index in [0.717, 1.165) is 42.2 Å². The summed E-state index contributed by atoms with van der Waals surface area (Å²) in [6.45, 7) is 11.7. The molecule has 0 aliphatic rings. The SMILES string of the molecule is CC[NH+](CC)Cc1ccc(NC(=O)COc2cccc(C)c2C)cc1. The zero-order valence-electron chi connectivity index (χ0n) is 15.7. The number of anilines is 1. The fourth-order valence-electron chi connectivity index (χ4n) is 2.72. The lowest BCUT2D eigenvalue weighted by Crippen LogP contribution is -3.10. The second kappa shape index (κ2) is 9.23. The topological polar surface area (TPSA) is 42.8 Å². The summed E-state index contributed by atoms with van der Waals surface area (Å²) >= 11 is 0. The van der Waals surface area contributed by atoms with Crippen LogP contribution in [0.2, 0.25) is 0 Å². The van der Waals surface area contributed by atoms with Gasteiger partial charge in [0.2, 0.25) is 0 Å². The van der Waals surface area contributed by atoms with Crippen LogP contribution in [-0.2, 0) is 11.3 Å². The molecule has 0 atom stereocenters. The van der Waals surface area contributed by atoms with Crippen molar-refractivity contribution in [3.63, 3.8) is 0 Å². The molecule has 0 unspecified atom stereocenters. The molecule has 134 valence electrons. The van der Waals surface area contributed by atoms with Crippen molar-refractivity contribution in [3.8, 4) is 5.75 Å². The van der Waals surface area contributed by atoms with Crippen LogP contribution in [0.25, 0.3) is 0 Å². The minimum Gasteiger partial charge on any atom is -0.483 e. The van der Waals surface area contributed by atoms with Gasteiger partial charge in [-0.2, -0.15) is 0 Å². The van der Waals surface area contributed by atoms with Crippen molar-refractivity contribution < 1.29 is 14.4 Å². The first-order valence-corrected chi connectivity index (χ1v) is 8.94. The van der Waals surface area contributed by atoms with E-state index in [9.17, 15) is 4.79 Å². The molecule has 2 N–H and O–H groups in total. The fourth-order valence-corrected chi connectivity index (χ4v) is 2.72. The predicted molar refractivity (Wildman–Crippen MR) is 102 cm³/mol. The number of rotatable bonds is 8. The third-order valence-corrected chi connectivity index (χ3v) is 4.61. The van der Waals surface area contributed by atoms with Crippen LogP contribution < -0.4 is 15.0 Å². The van der Waals surface area contributed by atoms with Gasteiger partial charge in [0.25, 0.3) is 5.91 Å². The van der Waals surface area contributed by atoms with Gasteiger partial charge in [-0.25, -0.2) is 0 Å². The number of carbonyl (C=O) groups is 1. The van der Waals surface area contributed by atoms with E-state index >= 15 is 0 Å². The molecular weight excluding hydrogens is 312 g/mol. The van der Waals surface area contributed by atoms with E-state index in [1.165, 1.54) is 5.56 Å². The van der Waals surface area contributed by atoms with Crippen LogP contribution in [0.4, 0.5) is 5.69 Å². The molecule has 1 amide bonds. The third-order valence-electron chi connectivity index (χ3n) is 4.61. The molecule has 0 aliphatic carbocycles. The van der Waals surface area contributed by atoms with E-state index in [-0.39, 0.29) is 12.5 Å². The number of benzene rings is 2. The van der Waals surface area contributed by atoms with Crippen molar-refractivity contribution >= 4 is 11.6 Å². The zero-order chi connectivity index (χ0) is 18.2. The monoisotopic (exact) mass is 341 g/mol. The van der Waals surface area contributed by atoms with E-state index in [1.807, 2.05) is 44.2 Å². The number of aryl methyl sites for hydroxylation is 1. The standard InChI is InChI=1S/C21H28N2O2/c1-5-23(6-2)14-18-10-12-19(13-11-18)22-21(24)15-25-20-9-7-8-16(3)17(20)4/h7-13H,5-6,14-15H2,1-4H3,(H,22,24)/p+1. The quantitative estimate of drug-likeness (QED) is 0.775. The molecule has 25 heavy (non-hydrogen) atoms. The Hall–Kier alpha value is -2.33. The molecule has 0 bridgehead atoms. The van der Waals surface area contributed by atoms with Gasteiger partial charge in [0.15, 0.2) is 6.61 Å². The summed E-state index contributed by atoms with van der Waals surface area (Å²) < 4.78 is 5.64. The number of hydrogen-bond donors (Lipinski definition) is 2. The highest BCUT2D eigenvalue weighted by molar-refractivity contribution is 5.91. The van der Waals surface area contributed by atoms with Crippen LogP contribution in [0.5, 0.6) is 5.75 Å². The lowest BCUT2D eigenvalue weighted by molar-refractivity contribution is -0.910. The van der Waals surface area contributed by atoms with Gasteiger partial charge in [0, 0.05) is 11.3 Å². The summed E-state index contributed by atoms with van der Waals surface area (Å²) in [5.41, 5.74) is 4.30. The Balaban J connectivity index is 1.87. The number of amides is 1. The molecule has 0 saturated carbocycles. The van der Waals surface area contributed by atoms with Gasteiger partial charge >= 0.3 is 0 Å². The number of ether oxygens (including phenoxy) is 1. The Morgan fingerprint density at radius 3 is 2.36 bits per heavy atom. The van der Waals surface area contributed by atoms with E-state index in [2.05, 4.69) is 31.3 Å². The Morgan fingerprint density at radius 1 is 1.04 bits per heavy atom. The van der Waals surface area contributed by atoms with E-state index < -0.39 is 0 Å². The molecule has 0 saturated heterocycles. The molecule has 2 aromatic rings. The molecule has 2 rings (SSSR count). The molecule has 0 aliphatic heterocycles. The lowest BCUT2D eigenvalue weighted by atomic mass is 10.1. The van der Waals surface area contributed by atoms with E-state index in [1.54, 1.807) is 4.90 Å². The van der Waals surface area contributed by atoms with Gasteiger partial charge in [-0.3, -0.25) is 4.79 Å². The highest BCUT2D eigenvalue weighted by Crippen LogP contribution is 2.20. The normalized spacial score (nSPS) is 10.8. The van der Waals surface area contributed by atoms with Crippen molar-refractivity contribution in [2.75, 3.05) is 25.0 Å². The number of carbonyl (C=O) groups excluding carboxylic acids is 1.